The standard InChI is InChI=1S/C90H56N4/c1-3-23-63(24-4-1)93-83-41-21-19-39-81(83)91-87(93)59-47-43-57(44-48-59)85-69-31-7-8-32-70(69)86(58-45-49-60(50-46-58)88-92-82-40-20-22-42-84(82)94(88)64-25-5-2-6-26-64)72-55-61(51-53-71(72)85)62-52-54-79-80(56-62)90(75-35-15-11-29-67(75)68-30-12-16-36-76(68)90)78-38-18-17-37-77(78)89(79)73-33-13-9-27-65(73)66-28-10-14-34-74(66)89/h1-56H. The SMILES string of the molecule is c1ccc(-n2c(-c3ccc(-c4c5ccccc5c(-c5ccc(-c6nc7ccccc7n6-c6ccccc6)cc5)c5cc(-c6ccc7c(c6)C6(c8ccccc8-c8ccccc86)c6ccccc6C76c7ccccc7-c7ccccc76)ccc45)cc3)nc3ccccc32)cc1. The van der Waals surface area contributed by atoms with Crippen LogP contribution in [0.15, 0.2) is 340 Å². The zero-order valence-electron chi connectivity index (χ0n) is 51.1. The average molecular weight is 1190 g/mol. The Labute approximate surface area is 544 Å². The minimum absolute atomic E-state index is 0.583. The zero-order chi connectivity index (χ0) is 61.6. The summed E-state index contributed by atoms with van der Waals surface area (Å²) in [4.78, 5) is 10.6. The van der Waals surface area contributed by atoms with E-state index in [0.717, 1.165) is 78.5 Å². The Morgan fingerprint density at radius 3 is 1.00 bits per heavy atom. The van der Waals surface area contributed by atoms with E-state index in [1.807, 2.05) is 0 Å². The van der Waals surface area contributed by atoms with Gasteiger partial charge in [0.15, 0.2) is 0 Å². The predicted molar refractivity (Wildman–Crippen MR) is 386 cm³/mol. The first-order chi connectivity index (χ1) is 46.6. The van der Waals surface area contributed by atoms with Gasteiger partial charge in [0, 0.05) is 22.5 Å². The number of rotatable bonds is 7. The highest BCUT2D eigenvalue weighted by molar-refractivity contribution is 6.22. The Morgan fingerprint density at radius 1 is 0.213 bits per heavy atom. The van der Waals surface area contributed by atoms with Crippen molar-refractivity contribution in [2.75, 3.05) is 0 Å². The van der Waals surface area contributed by atoms with Crippen LogP contribution >= 0.6 is 0 Å². The monoisotopic (exact) mass is 1190 g/mol. The third-order valence-corrected chi connectivity index (χ3v) is 20.8. The van der Waals surface area contributed by atoms with Crippen LogP contribution in [0.2, 0.25) is 0 Å². The van der Waals surface area contributed by atoms with Crippen LogP contribution in [-0.4, -0.2) is 19.1 Å². The first-order valence-electron chi connectivity index (χ1n) is 32.5. The maximum Gasteiger partial charge on any atom is 0.145 e. The van der Waals surface area contributed by atoms with Gasteiger partial charge in [0.1, 0.15) is 11.6 Å². The van der Waals surface area contributed by atoms with Gasteiger partial charge in [-0.2, -0.15) is 0 Å². The third-order valence-electron chi connectivity index (χ3n) is 20.8. The molecule has 3 aliphatic rings. The summed E-state index contributed by atoms with van der Waals surface area (Å²) in [7, 11) is 0. The van der Waals surface area contributed by atoms with E-state index in [4.69, 9.17) is 9.97 Å². The predicted octanol–water partition coefficient (Wildman–Crippen LogP) is 22.0. The van der Waals surface area contributed by atoms with Crippen LogP contribution in [0, 0.1) is 0 Å². The normalized spacial score (nSPS) is 13.5. The molecule has 0 saturated heterocycles. The fourth-order valence-corrected chi connectivity index (χ4v) is 17.1. The molecule has 0 atom stereocenters. The lowest BCUT2D eigenvalue weighted by Gasteiger charge is -2.49. The topological polar surface area (TPSA) is 35.6 Å². The molecule has 3 aliphatic carbocycles. The molecule has 0 unspecified atom stereocenters. The van der Waals surface area contributed by atoms with Crippen LogP contribution in [0.4, 0.5) is 0 Å². The molecule has 0 amide bonds. The molecule has 0 saturated carbocycles. The molecule has 0 radical (unpaired) electrons. The van der Waals surface area contributed by atoms with Crippen molar-refractivity contribution in [3.63, 3.8) is 0 Å². The van der Waals surface area contributed by atoms with Crippen molar-refractivity contribution in [3.05, 3.63) is 384 Å². The largest absolute Gasteiger partial charge is 0.292 e. The van der Waals surface area contributed by atoms with Crippen LogP contribution in [0.25, 0.3) is 133 Å². The van der Waals surface area contributed by atoms with E-state index in [0.29, 0.717) is 0 Å². The van der Waals surface area contributed by atoms with Gasteiger partial charge in [0.25, 0.3) is 0 Å². The molecule has 94 heavy (non-hydrogen) atoms. The van der Waals surface area contributed by atoms with Crippen molar-refractivity contribution < 1.29 is 0 Å². The lowest BCUT2D eigenvalue weighted by Crippen LogP contribution is -2.43. The van der Waals surface area contributed by atoms with Gasteiger partial charge < -0.3 is 0 Å². The van der Waals surface area contributed by atoms with E-state index < -0.39 is 10.8 Å². The molecule has 436 valence electrons. The van der Waals surface area contributed by atoms with Crippen LogP contribution in [0.5, 0.6) is 0 Å². The molecule has 0 aliphatic heterocycles. The third kappa shape index (κ3) is 7.22. The van der Waals surface area contributed by atoms with E-state index in [2.05, 4.69) is 349 Å². The lowest BCUT2D eigenvalue weighted by atomic mass is 9.52. The van der Waals surface area contributed by atoms with Crippen LogP contribution < -0.4 is 0 Å². The summed E-state index contributed by atoms with van der Waals surface area (Å²) in [5.74, 6) is 1.81. The zero-order valence-corrected chi connectivity index (χ0v) is 51.1. The maximum atomic E-state index is 5.31. The minimum atomic E-state index is -0.627. The Balaban J connectivity index is 0.833. The van der Waals surface area contributed by atoms with Crippen molar-refractivity contribution in [3.8, 4) is 89.8 Å². The van der Waals surface area contributed by atoms with Gasteiger partial charge in [0.05, 0.1) is 32.9 Å². The molecule has 2 aromatic heterocycles. The molecule has 2 spiro atoms. The number of benzene rings is 15. The Kier molecular flexibility index (Phi) is 11.2. The maximum absolute atomic E-state index is 5.31. The first-order valence-corrected chi connectivity index (χ1v) is 32.5. The highest BCUT2D eigenvalue weighted by Crippen LogP contribution is 2.68. The summed E-state index contributed by atoms with van der Waals surface area (Å²) in [6.07, 6.45) is 0. The molecule has 17 aromatic rings. The van der Waals surface area contributed by atoms with E-state index >= 15 is 0 Å². The van der Waals surface area contributed by atoms with Gasteiger partial charge in [-0.15, -0.1) is 0 Å². The second-order valence-corrected chi connectivity index (χ2v) is 25.4. The van der Waals surface area contributed by atoms with Gasteiger partial charge in [-0.05, 0) is 182 Å². The second-order valence-electron chi connectivity index (χ2n) is 25.4. The average Bonchev–Trinajstić information content (AvgIpc) is 1.42. The van der Waals surface area contributed by atoms with E-state index in [9.17, 15) is 0 Å². The number of nitrogens with zero attached hydrogens (tertiary/aromatic N) is 4. The number of para-hydroxylation sites is 6. The Morgan fingerprint density at radius 2 is 0.532 bits per heavy atom. The molecular weight excluding hydrogens is 1140 g/mol. The second kappa shape index (κ2) is 20.1. The number of fused-ring (bicyclic) bond motifs is 20. The van der Waals surface area contributed by atoms with E-state index in [1.165, 1.54) is 99.4 Å². The minimum Gasteiger partial charge on any atom is -0.292 e. The van der Waals surface area contributed by atoms with Crippen molar-refractivity contribution in [2.24, 2.45) is 0 Å². The number of hydrogen-bond acceptors (Lipinski definition) is 2. The van der Waals surface area contributed by atoms with Crippen molar-refractivity contribution in [1.29, 1.82) is 0 Å². The quantitative estimate of drug-likeness (QED) is 0.149. The summed E-state index contributed by atoms with van der Waals surface area (Å²) >= 11 is 0. The molecule has 2 heterocycles. The molecular formula is C90H56N4. The molecule has 20 rings (SSSR count). The van der Waals surface area contributed by atoms with Crippen LogP contribution in [-0.2, 0) is 10.8 Å². The van der Waals surface area contributed by atoms with Gasteiger partial charge in [-0.1, -0.05) is 279 Å². The summed E-state index contributed by atoms with van der Waals surface area (Å²) in [6, 6.07) is 126. The molecule has 0 bridgehead atoms. The summed E-state index contributed by atoms with van der Waals surface area (Å²) in [5.41, 5.74) is 29.8. The highest BCUT2D eigenvalue weighted by atomic mass is 15.1. The number of imidazole rings is 2. The summed E-state index contributed by atoms with van der Waals surface area (Å²) in [5, 5.41) is 4.72. The van der Waals surface area contributed by atoms with Crippen molar-refractivity contribution in [1.82, 2.24) is 19.1 Å². The number of aromatic nitrogens is 4. The fraction of sp³-hybridized carbons (Fsp3) is 0.0222. The summed E-state index contributed by atoms with van der Waals surface area (Å²) < 4.78 is 4.57. The van der Waals surface area contributed by atoms with Crippen LogP contribution in [0.3, 0.4) is 0 Å². The lowest BCUT2D eigenvalue weighted by molar-refractivity contribution is 0.633. The number of hydrogen-bond donors (Lipinski definition) is 0. The van der Waals surface area contributed by atoms with Gasteiger partial charge in [-0.25, -0.2) is 9.97 Å². The molecule has 15 aromatic carbocycles. The van der Waals surface area contributed by atoms with E-state index in [-0.39, 0.29) is 0 Å². The Bertz CT molecular complexity index is 5880. The molecule has 0 N–H and O–H groups in total. The highest BCUT2D eigenvalue weighted by Gasteiger charge is 2.59. The van der Waals surface area contributed by atoms with Gasteiger partial charge >= 0.3 is 0 Å². The smallest absolute Gasteiger partial charge is 0.145 e. The summed E-state index contributed by atoms with van der Waals surface area (Å²) in [6.45, 7) is 0. The van der Waals surface area contributed by atoms with Crippen molar-refractivity contribution in [2.45, 2.75) is 10.8 Å². The molecule has 0 fully saturated rings. The van der Waals surface area contributed by atoms with Gasteiger partial charge in [-0.3, -0.25) is 9.13 Å². The molecule has 4 heteroatoms. The van der Waals surface area contributed by atoms with E-state index in [1.54, 1.807) is 0 Å². The first kappa shape index (κ1) is 52.5. The molecule has 4 nitrogen and oxygen atoms in total. The van der Waals surface area contributed by atoms with Crippen LogP contribution in [0.1, 0.15) is 44.5 Å². The van der Waals surface area contributed by atoms with Crippen molar-refractivity contribution >= 4 is 43.6 Å². The fourth-order valence-electron chi connectivity index (χ4n) is 17.1. The van der Waals surface area contributed by atoms with Gasteiger partial charge in [0.2, 0.25) is 0 Å². The Hall–Kier alpha value is -12.2.